The highest BCUT2D eigenvalue weighted by Gasteiger charge is 2.15. The molecule has 146 valence electrons. The van der Waals surface area contributed by atoms with Gasteiger partial charge in [0.1, 0.15) is 18.1 Å². The number of rotatable bonds is 10. The summed E-state index contributed by atoms with van der Waals surface area (Å²) in [6.07, 6.45) is 0.828. The maximum atomic E-state index is 12.2. The highest BCUT2D eigenvalue weighted by Crippen LogP contribution is 2.16. The Morgan fingerprint density at radius 3 is 2.22 bits per heavy atom. The zero-order valence-corrected chi connectivity index (χ0v) is 16.2. The Bertz CT molecular complexity index is 833. The first-order valence-electron chi connectivity index (χ1n) is 8.56. The molecule has 1 amide bonds. The van der Waals surface area contributed by atoms with Crippen LogP contribution in [0.15, 0.2) is 53.4 Å². The Kier molecular flexibility index (Phi) is 7.63. The smallest absolute Gasteiger partial charge is 0.241 e. The van der Waals surface area contributed by atoms with Crippen molar-refractivity contribution in [1.29, 1.82) is 0 Å². The third kappa shape index (κ3) is 6.58. The minimum atomic E-state index is -3.71. The molecular weight excluding hydrogens is 368 g/mol. The average molecular weight is 392 g/mol. The van der Waals surface area contributed by atoms with E-state index in [0.717, 1.165) is 17.7 Å². The van der Waals surface area contributed by atoms with Crippen LogP contribution in [0.2, 0.25) is 0 Å². The number of carbonyl (C=O) groups is 1. The number of aryl methyl sites for hydroxylation is 1. The van der Waals surface area contributed by atoms with Crippen molar-refractivity contribution in [1.82, 2.24) is 10.0 Å². The molecule has 0 saturated heterocycles. The third-order valence-corrected chi connectivity index (χ3v) is 5.23. The Hall–Kier alpha value is -2.58. The predicted molar refractivity (Wildman–Crippen MR) is 103 cm³/mol. The second-order valence-corrected chi connectivity index (χ2v) is 7.46. The lowest BCUT2D eigenvalue weighted by Crippen LogP contribution is -2.38. The Labute approximate surface area is 159 Å². The molecule has 7 nitrogen and oxygen atoms in total. The van der Waals surface area contributed by atoms with Crippen molar-refractivity contribution in [3.8, 4) is 11.5 Å². The number of methoxy groups -OCH3 is 1. The van der Waals surface area contributed by atoms with Gasteiger partial charge in [-0.25, -0.2) is 13.1 Å². The molecule has 2 aromatic rings. The van der Waals surface area contributed by atoms with Gasteiger partial charge in [-0.3, -0.25) is 4.79 Å². The van der Waals surface area contributed by atoms with Crippen LogP contribution in [0.25, 0.3) is 0 Å². The van der Waals surface area contributed by atoms with Gasteiger partial charge in [0.2, 0.25) is 15.9 Å². The average Bonchev–Trinajstić information content (AvgIpc) is 2.70. The van der Waals surface area contributed by atoms with Gasteiger partial charge >= 0.3 is 0 Å². The number of ether oxygens (including phenoxy) is 2. The molecule has 0 aromatic heterocycles. The number of hydrogen-bond donors (Lipinski definition) is 2. The molecule has 0 spiro atoms. The summed E-state index contributed by atoms with van der Waals surface area (Å²) in [5.41, 5.74) is 1.04. The summed E-state index contributed by atoms with van der Waals surface area (Å²) in [6, 6.07) is 13.6. The molecule has 0 aliphatic heterocycles. The second kappa shape index (κ2) is 9.94. The van der Waals surface area contributed by atoms with Crippen LogP contribution in [0.3, 0.4) is 0 Å². The SMILES string of the molecule is CCc1ccc(S(=O)(=O)NCC(=O)NCCOc2ccc(OC)cc2)cc1. The quantitative estimate of drug-likeness (QED) is 0.601. The van der Waals surface area contributed by atoms with Crippen LogP contribution in [-0.2, 0) is 21.2 Å². The van der Waals surface area contributed by atoms with Crippen molar-refractivity contribution in [3.63, 3.8) is 0 Å². The van der Waals surface area contributed by atoms with Gasteiger partial charge in [-0.1, -0.05) is 19.1 Å². The van der Waals surface area contributed by atoms with Gasteiger partial charge in [-0.15, -0.1) is 0 Å². The molecule has 0 radical (unpaired) electrons. The normalized spacial score (nSPS) is 11.0. The van der Waals surface area contributed by atoms with E-state index < -0.39 is 15.9 Å². The number of carbonyl (C=O) groups excluding carboxylic acids is 1. The second-order valence-electron chi connectivity index (χ2n) is 5.70. The monoisotopic (exact) mass is 392 g/mol. The molecule has 0 atom stereocenters. The first-order chi connectivity index (χ1) is 12.9. The highest BCUT2D eigenvalue weighted by molar-refractivity contribution is 7.89. The molecule has 0 saturated carbocycles. The van der Waals surface area contributed by atoms with E-state index in [2.05, 4.69) is 10.0 Å². The van der Waals surface area contributed by atoms with Gasteiger partial charge < -0.3 is 14.8 Å². The minimum Gasteiger partial charge on any atom is -0.497 e. The van der Waals surface area contributed by atoms with Crippen molar-refractivity contribution >= 4 is 15.9 Å². The number of nitrogens with one attached hydrogen (secondary N) is 2. The number of amides is 1. The predicted octanol–water partition coefficient (Wildman–Crippen LogP) is 1.73. The largest absolute Gasteiger partial charge is 0.497 e. The lowest BCUT2D eigenvalue weighted by molar-refractivity contribution is -0.120. The summed E-state index contributed by atoms with van der Waals surface area (Å²) in [7, 11) is -2.13. The van der Waals surface area contributed by atoms with Crippen LogP contribution in [0.1, 0.15) is 12.5 Å². The summed E-state index contributed by atoms with van der Waals surface area (Å²) >= 11 is 0. The molecule has 0 fully saturated rings. The van der Waals surface area contributed by atoms with Crippen molar-refractivity contribution < 1.29 is 22.7 Å². The first-order valence-corrected chi connectivity index (χ1v) is 10.0. The summed E-state index contributed by atoms with van der Waals surface area (Å²) in [5.74, 6) is 0.954. The summed E-state index contributed by atoms with van der Waals surface area (Å²) < 4.78 is 37.2. The van der Waals surface area contributed by atoms with E-state index in [0.29, 0.717) is 5.75 Å². The van der Waals surface area contributed by atoms with E-state index >= 15 is 0 Å². The molecular formula is C19H24N2O5S. The van der Waals surface area contributed by atoms with Crippen molar-refractivity contribution in [2.24, 2.45) is 0 Å². The van der Waals surface area contributed by atoms with Gasteiger partial charge in [0.05, 0.1) is 25.1 Å². The maximum absolute atomic E-state index is 12.2. The van der Waals surface area contributed by atoms with Crippen LogP contribution in [0.5, 0.6) is 11.5 Å². The van der Waals surface area contributed by atoms with Gasteiger partial charge in [-0.05, 0) is 48.4 Å². The van der Waals surface area contributed by atoms with Gasteiger partial charge in [0, 0.05) is 0 Å². The topological polar surface area (TPSA) is 93.7 Å². The number of hydrogen-bond acceptors (Lipinski definition) is 5. The van der Waals surface area contributed by atoms with Crippen LogP contribution in [0.4, 0.5) is 0 Å². The zero-order chi connectivity index (χ0) is 19.7. The third-order valence-electron chi connectivity index (χ3n) is 3.82. The fourth-order valence-corrected chi connectivity index (χ4v) is 3.22. The van der Waals surface area contributed by atoms with Crippen molar-refractivity contribution in [2.45, 2.75) is 18.2 Å². The van der Waals surface area contributed by atoms with Gasteiger partial charge in [0.15, 0.2) is 0 Å². The van der Waals surface area contributed by atoms with Crippen molar-refractivity contribution in [3.05, 3.63) is 54.1 Å². The van der Waals surface area contributed by atoms with Crippen LogP contribution in [-0.4, -0.2) is 41.1 Å². The van der Waals surface area contributed by atoms with Gasteiger partial charge in [0.25, 0.3) is 0 Å². The standard InChI is InChI=1S/C19H24N2O5S/c1-3-15-4-10-18(11-5-15)27(23,24)21-14-19(22)20-12-13-26-17-8-6-16(25-2)7-9-17/h4-11,21H,3,12-14H2,1-2H3,(H,20,22). The van der Waals surface area contributed by atoms with Crippen molar-refractivity contribution in [2.75, 3.05) is 26.8 Å². The molecule has 0 aliphatic carbocycles. The summed E-state index contributed by atoms with van der Waals surface area (Å²) in [6.45, 7) is 2.19. The molecule has 8 heteroatoms. The fraction of sp³-hybridized carbons (Fsp3) is 0.316. The summed E-state index contributed by atoms with van der Waals surface area (Å²) in [5, 5.41) is 2.60. The lowest BCUT2D eigenvalue weighted by atomic mass is 10.2. The van der Waals surface area contributed by atoms with Crippen LogP contribution < -0.4 is 19.5 Å². The minimum absolute atomic E-state index is 0.135. The van der Waals surface area contributed by atoms with E-state index in [9.17, 15) is 13.2 Å². The Balaban J connectivity index is 1.71. The van der Waals surface area contributed by atoms with E-state index in [1.165, 1.54) is 12.1 Å². The molecule has 2 N–H and O–H groups in total. The van der Waals surface area contributed by atoms with E-state index in [1.807, 2.05) is 6.92 Å². The maximum Gasteiger partial charge on any atom is 0.241 e. The molecule has 0 bridgehead atoms. The van der Waals surface area contributed by atoms with Crippen LogP contribution >= 0.6 is 0 Å². The van der Waals surface area contributed by atoms with Gasteiger partial charge in [-0.2, -0.15) is 0 Å². The molecule has 2 rings (SSSR count). The Morgan fingerprint density at radius 1 is 1.00 bits per heavy atom. The number of benzene rings is 2. The summed E-state index contributed by atoms with van der Waals surface area (Å²) in [4.78, 5) is 11.9. The molecule has 2 aromatic carbocycles. The fourth-order valence-electron chi connectivity index (χ4n) is 2.24. The van der Waals surface area contributed by atoms with E-state index in [4.69, 9.17) is 9.47 Å². The Morgan fingerprint density at radius 2 is 1.63 bits per heavy atom. The molecule has 27 heavy (non-hydrogen) atoms. The van der Waals surface area contributed by atoms with E-state index in [1.54, 1.807) is 43.5 Å². The zero-order valence-electron chi connectivity index (χ0n) is 15.4. The highest BCUT2D eigenvalue weighted by atomic mass is 32.2. The lowest BCUT2D eigenvalue weighted by Gasteiger charge is -2.10. The van der Waals surface area contributed by atoms with Crippen LogP contribution in [0, 0.1) is 0 Å². The molecule has 0 unspecified atom stereocenters. The first kappa shape index (κ1) is 20.7. The number of sulfonamides is 1. The molecule has 0 aliphatic rings. The van der Waals surface area contributed by atoms with E-state index in [-0.39, 0.29) is 24.6 Å². The molecule has 0 heterocycles.